The Balaban J connectivity index is 2.45. The summed E-state index contributed by atoms with van der Waals surface area (Å²) in [5.74, 6) is 0. The number of hydrogen-bond acceptors (Lipinski definition) is 4. The number of aromatic nitrogens is 3. The smallest absolute Gasteiger partial charge is 0.266 e. The molecule has 0 unspecified atom stereocenters. The van der Waals surface area contributed by atoms with Crippen LogP contribution in [0.3, 0.4) is 0 Å². The molecule has 1 N–H and O–H groups in total. The number of rotatable bonds is 2. The van der Waals surface area contributed by atoms with Gasteiger partial charge < -0.3 is 4.98 Å². The maximum atomic E-state index is 12.1. The molecule has 22 heavy (non-hydrogen) atoms. The first kappa shape index (κ1) is 13.7. The van der Waals surface area contributed by atoms with Gasteiger partial charge in [-0.15, -0.1) is 0 Å². The number of aryl methyl sites for hydroxylation is 1. The second kappa shape index (κ2) is 5.62. The molecule has 5 heteroatoms. The van der Waals surface area contributed by atoms with Crippen molar-refractivity contribution in [3.8, 4) is 28.3 Å². The minimum atomic E-state index is -0.392. The molecule has 0 spiro atoms. The van der Waals surface area contributed by atoms with E-state index < -0.39 is 5.56 Å². The fourth-order valence-corrected chi connectivity index (χ4v) is 2.51. The van der Waals surface area contributed by atoms with E-state index in [1.807, 2.05) is 31.2 Å². The fourth-order valence-electron chi connectivity index (χ4n) is 2.51. The van der Waals surface area contributed by atoms with Gasteiger partial charge in [-0.1, -0.05) is 6.07 Å². The van der Waals surface area contributed by atoms with Crippen LogP contribution >= 0.6 is 0 Å². The summed E-state index contributed by atoms with van der Waals surface area (Å²) in [5, 5.41) is 9.42. The van der Waals surface area contributed by atoms with Crippen molar-refractivity contribution in [3.05, 3.63) is 70.7 Å². The van der Waals surface area contributed by atoms with Gasteiger partial charge >= 0.3 is 0 Å². The maximum absolute atomic E-state index is 12.1. The van der Waals surface area contributed by atoms with Crippen LogP contribution < -0.4 is 5.56 Å². The van der Waals surface area contributed by atoms with Gasteiger partial charge in [-0.05, 0) is 30.7 Å². The molecule has 0 bridgehead atoms. The zero-order valence-corrected chi connectivity index (χ0v) is 11.9. The first-order chi connectivity index (χ1) is 10.7. The molecule has 0 saturated heterocycles. The van der Waals surface area contributed by atoms with E-state index in [9.17, 15) is 10.1 Å². The van der Waals surface area contributed by atoms with E-state index in [1.165, 1.54) is 0 Å². The van der Waals surface area contributed by atoms with Crippen molar-refractivity contribution in [2.75, 3.05) is 0 Å². The number of nitrogens with zero attached hydrogens (tertiary/aromatic N) is 3. The van der Waals surface area contributed by atoms with Crippen LogP contribution in [-0.4, -0.2) is 15.0 Å². The SMILES string of the molecule is Cc1[nH]c(=O)c(C#N)c(-c2cccnc2)c1-c1ccncc1. The van der Waals surface area contributed by atoms with Gasteiger partial charge in [0.1, 0.15) is 11.6 Å². The predicted molar refractivity (Wildman–Crippen MR) is 83.0 cm³/mol. The number of hydrogen-bond donors (Lipinski definition) is 1. The van der Waals surface area contributed by atoms with Crippen LogP contribution in [0.25, 0.3) is 22.3 Å². The van der Waals surface area contributed by atoms with Crippen molar-refractivity contribution in [3.63, 3.8) is 0 Å². The Bertz CT molecular complexity index is 909. The number of aromatic amines is 1. The van der Waals surface area contributed by atoms with Gasteiger partial charge in [0.25, 0.3) is 5.56 Å². The van der Waals surface area contributed by atoms with E-state index in [1.54, 1.807) is 30.9 Å². The molecular weight excluding hydrogens is 276 g/mol. The van der Waals surface area contributed by atoms with Gasteiger partial charge in [0, 0.05) is 47.2 Å². The quantitative estimate of drug-likeness (QED) is 0.786. The molecule has 0 aliphatic heterocycles. The molecule has 0 fully saturated rings. The molecule has 3 aromatic heterocycles. The molecule has 0 saturated carbocycles. The van der Waals surface area contributed by atoms with Gasteiger partial charge in [-0.3, -0.25) is 14.8 Å². The number of nitriles is 1. The van der Waals surface area contributed by atoms with Crippen LogP contribution in [0.2, 0.25) is 0 Å². The van der Waals surface area contributed by atoms with Crippen molar-refractivity contribution >= 4 is 0 Å². The lowest BCUT2D eigenvalue weighted by Gasteiger charge is -2.14. The van der Waals surface area contributed by atoms with Crippen molar-refractivity contribution in [2.45, 2.75) is 6.92 Å². The Morgan fingerprint density at radius 2 is 1.82 bits per heavy atom. The zero-order chi connectivity index (χ0) is 15.5. The predicted octanol–water partition coefficient (Wildman–Crippen LogP) is 2.68. The third-order valence-corrected chi connectivity index (χ3v) is 3.43. The average Bonchev–Trinajstić information content (AvgIpc) is 2.56. The number of pyridine rings is 3. The highest BCUT2D eigenvalue weighted by molar-refractivity contribution is 5.87. The summed E-state index contributed by atoms with van der Waals surface area (Å²) in [4.78, 5) is 23.0. The third-order valence-electron chi connectivity index (χ3n) is 3.43. The Hall–Kier alpha value is -3.26. The third kappa shape index (κ3) is 2.27. The summed E-state index contributed by atoms with van der Waals surface area (Å²) in [7, 11) is 0. The molecule has 106 valence electrons. The van der Waals surface area contributed by atoms with Crippen molar-refractivity contribution in [1.82, 2.24) is 15.0 Å². The summed E-state index contributed by atoms with van der Waals surface area (Å²) in [5.41, 5.74) is 3.44. The van der Waals surface area contributed by atoms with Crippen LogP contribution in [0.5, 0.6) is 0 Å². The summed E-state index contributed by atoms with van der Waals surface area (Å²) < 4.78 is 0. The van der Waals surface area contributed by atoms with E-state index in [2.05, 4.69) is 15.0 Å². The summed E-state index contributed by atoms with van der Waals surface area (Å²) >= 11 is 0. The second-order valence-corrected chi connectivity index (χ2v) is 4.79. The first-order valence-electron chi connectivity index (χ1n) is 6.70. The van der Waals surface area contributed by atoms with Crippen LogP contribution in [-0.2, 0) is 0 Å². The lowest BCUT2D eigenvalue weighted by molar-refractivity contribution is 1.13. The van der Waals surface area contributed by atoms with E-state index in [0.717, 1.165) is 16.7 Å². The van der Waals surface area contributed by atoms with E-state index in [-0.39, 0.29) is 5.56 Å². The lowest BCUT2D eigenvalue weighted by Crippen LogP contribution is -2.15. The summed E-state index contributed by atoms with van der Waals surface area (Å²) in [6, 6.07) is 9.33. The molecule has 3 aromatic rings. The molecule has 0 atom stereocenters. The van der Waals surface area contributed by atoms with Crippen molar-refractivity contribution in [2.24, 2.45) is 0 Å². The minimum absolute atomic E-state index is 0.0883. The molecule has 0 aliphatic rings. The topological polar surface area (TPSA) is 82.4 Å². The Morgan fingerprint density at radius 3 is 2.45 bits per heavy atom. The van der Waals surface area contributed by atoms with Crippen LogP contribution in [0.15, 0.2) is 53.8 Å². The van der Waals surface area contributed by atoms with Crippen molar-refractivity contribution in [1.29, 1.82) is 5.26 Å². The molecule has 0 amide bonds. The highest BCUT2D eigenvalue weighted by Gasteiger charge is 2.18. The van der Waals surface area contributed by atoms with Crippen molar-refractivity contribution < 1.29 is 0 Å². The number of nitrogens with one attached hydrogen (secondary N) is 1. The summed E-state index contributed by atoms with van der Waals surface area (Å²) in [6.45, 7) is 1.82. The van der Waals surface area contributed by atoms with Crippen LogP contribution in [0.1, 0.15) is 11.3 Å². The molecule has 0 radical (unpaired) electrons. The minimum Gasteiger partial charge on any atom is -0.325 e. The van der Waals surface area contributed by atoms with Gasteiger partial charge in [0.2, 0.25) is 0 Å². The molecule has 3 rings (SSSR count). The molecular formula is C17H12N4O. The van der Waals surface area contributed by atoms with E-state index in [0.29, 0.717) is 11.3 Å². The van der Waals surface area contributed by atoms with Crippen LogP contribution in [0.4, 0.5) is 0 Å². The summed E-state index contributed by atoms with van der Waals surface area (Å²) in [6.07, 6.45) is 6.67. The van der Waals surface area contributed by atoms with E-state index in [4.69, 9.17) is 0 Å². The monoisotopic (exact) mass is 288 g/mol. The van der Waals surface area contributed by atoms with Gasteiger partial charge in [0.15, 0.2) is 0 Å². The largest absolute Gasteiger partial charge is 0.325 e. The fraction of sp³-hybridized carbons (Fsp3) is 0.0588. The Kier molecular flexibility index (Phi) is 3.50. The van der Waals surface area contributed by atoms with Gasteiger partial charge in [0.05, 0.1) is 0 Å². The normalized spacial score (nSPS) is 10.2. The maximum Gasteiger partial charge on any atom is 0.266 e. The number of H-pyrrole nitrogens is 1. The Morgan fingerprint density at radius 1 is 1.05 bits per heavy atom. The van der Waals surface area contributed by atoms with Gasteiger partial charge in [-0.2, -0.15) is 5.26 Å². The molecule has 3 heterocycles. The zero-order valence-electron chi connectivity index (χ0n) is 11.9. The molecule has 0 aliphatic carbocycles. The highest BCUT2D eigenvalue weighted by atomic mass is 16.1. The second-order valence-electron chi connectivity index (χ2n) is 4.79. The van der Waals surface area contributed by atoms with Crippen LogP contribution in [0, 0.1) is 18.3 Å². The van der Waals surface area contributed by atoms with Gasteiger partial charge in [-0.25, -0.2) is 0 Å². The average molecular weight is 288 g/mol. The standard InChI is InChI=1S/C17H12N4O/c1-11-15(12-4-7-19-8-5-12)16(13-3-2-6-20-10-13)14(9-18)17(22)21-11/h2-8,10H,1H3,(H,21,22). The molecule has 0 aromatic carbocycles. The Labute approximate surface area is 126 Å². The van der Waals surface area contributed by atoms with E-state index >= 15 is 0 Å². The lowest BCUT2D eigenvalue weighted by atomic mass is 9.92. The molecule has 5 nitrogen and oxygen atoms in total. The highest BCUT2D eigenvalue weighted by Crippen LogP contribution is 2.34. The first-order valence-corrected chi connectivity index (χ1v) is 6.70.